The van der Waals surface area contributed by atoms with Crippen molar-refractivity contribution < 1.29 is 18.7 Å². The molecule has 2 unspecified atom stereocenters. The molecular formula is C21H19FN4O3. The van der Waals surface area contributed by atoms with Crippen molar-refractivity contribution in [3.8, 4) is 0 Å². The molecule has 148 valence electrons. The number of carbonyl (C=O) groups excluding carboxylic acids is 2. The fourth-order valence-electron chi connectivity index (χ4n) is 3.63. The molecule has 2 heterocycles. The molecule has 0 aliphatic carbocycles. The third-order valence-electron chi connectivity index (χ3n) is 4.90. The van der Waals surface area contributed by atoms with Gasteiger partial charge in [0, 0.05) is 18.9 Å². The molecule has 1 aliphatic rings. The number of esters is 1. The van der Waals surface area contributed by atoms with Gasteiger partial charge in [0.05, 0.1) is 35.4 Å². The van der Waals surface area contributed by atoms with Gasteiger partial charge < -0.3 is 10.1 Å². The normalized spacial score (nSPS) is 18.1. The van der Waals surface area contributed by atoms with Crippen molar-refractivity contribution in [1.29, 1.82) is 0 Å². The topological polar surface area (TPSA) is 86.1 Å². The van der Waals surface area contributed by atoms with E-state index in [-0.39, 0.29) is 29.3 Å². The number of ketones is 1. The number of hydrogen-bond donors (Lipinski definition) is 1. The summed E-state index contributed by atoms with van der Waals surface area (Å²) in [5.41, 5.74) is 2.18. The molecular weight excluding hydrogens is 375 g/mol. The lowest BCUT2D eigenvalue weighted by atomic mass is 9.79. The van der Waals surface area contributed by atoms with Crippen molar-refractivity contribution in [2.75, 3.05) is 11.9 Å². The second kappa shape index (κ2) is 7.46. The van der Waals surface area contributed by atoms with Crippen molar-refractivity contribution in [3.05, 3.63) is 76.9 Å². The van der Waals surface area contributed by atoms with Gasteiger partial charge in [0.2, 0.25) is 0 Å². The number of fused-ring (bicyclic) bond motifs is 1. The maximum Gasteiger partial charge on any atom is 0.338 e. The predicted octanol–water partition coefficient (Wildman–Crippen LogP) is 3.26. The zero-order valence-corrected chi connectivity index (χ0v) is 15.9. The van der Waals surface area contributed by atoms with Gasteiger partial charge in [-0.1, -0.05) is 23.4 Å². The molecule has 1 aliphatic heterocycles. The Morgan fingerprint density at radius 3 is 2.66 bits per heavy atom. The number of benzene rings is 2. The summed E-state index contributed by atoms with van der Waals surface area (Å²) in [5, 5.41) is 11.4. The summed E-state index contributed by atoms with van der Waals surface area (Å²) >= 11 is 0. The summed E-state index contributed by atoms with van der Waals surface area (Å²) in [6.07, 6.45) is 1.67. The monoisotopic (exact) mass is 394 g/mol. The molecule has 3 aromatic rings. The first kappa shape index (κ1) is 18.8. The van der Waals surface area contributed by atoms with Crippen LogP contribution in [0.25, 0.3) is 0 Å². The van der Waals surface area contributed by atoms with Gasteiger partial charge in [-0.3, -0.25) is 9.48 Å². The maximum absolute atomic E-state index is 13.6. The minimum absolute atomic E-state index is 0.202. The van der Waals surface area contributed by atoms with Crippen LogP contribution in [-0.2, 0) is 11.8 Å². The highest BCUT2D eigenvalue weighted by Gasteiger charge is 2.41. The number of aryl methyl sites for hydroxylation is 1. The number of carbonyl (C=O) groups is 2. The summed E-state index contributed by atoms with van der Waals surface area (Å²) in [6, 6.07) is 10.5. The van der Waals surface area contributed by atoms with Gasteiger partial charge in [-0.25, -0.2) is 9.18 Å². The SMILES string of the molecule is CCOC(=O)c1cccc2c1C(=O)C(c1cn(C)nn1)C(c1ccc(F)cc1)N2. The summed E-state index contributed by atoms with van der Waals surface area (Å²) in [4.78, 5) is 26.0. The second-order valence-corrected chi connectivity index (χ2v) is 6.78. The van der Waals surface area contributed by atoms with Crippen LogP contribution in [0.1, 0.15) is 50.9 Å². The van der Waals surface area contributed by atoms with Crippen molar-refractivity contribution >= 4 is 17.4 Å². The van der Waals surface area contributed by atoms with Crippen LogP contribution in [0.3, 0.4) is 0 Å². The molecule has 29 heavy (non-hydrogen) atoms. The van der Waals surface area contributed by atoms with E-state index in [0.29, 0.717) is 11.4 Å². The average molecular weight is 394 g/mol. The van der Waals surface area contributed by atoms with E-state index in [1.807, 2.05) is 0 Å². The number of ether oxygens (including phenoxy) is 1. The lowest BCUT2D eigenvalue weighted by molar-refractivity contribution is 0.0522. The Morgan fingerprint density at radius 1 is 1.24 bits per heavy atom. The largest absolute Gasteiger partial charge is 0.462 e. The van der Waals surface area contributed by atoms with Gasteiger partial charge in [0.1, 0.15) is 5.82 Å². The van der Waals surface area contributed by atoms with E-state index in [1.165, 1.54) is 16.8 Å². The van der Waals surface area contributed by atoms with E-state index in [9.17, 15) is 14.0 Å². The summed E-state index contributed by atoms with van der Waals surface area (Å²) in [5.74, 6) is -1.93. The van der Waals surface area contributed by atoms with Crippen LogP contribution in [0, 0.1) is 5.82 Å². The van der Waals surface area contributed by atoms with Gasteiger partial charge in [-0.2, -0.15) is 0 Å². The number of hydrogen-bond acceptors (Lipinski definition) is 6. The third kappa shape index (κ3) is 3.37. The molecule has 8 heteroatoms. The first-order valence-electron chi connectivity index (χ1n) is 9.22. The Balaban J connectivity index is 1.86. The number of halogens is 1. The van der Waals surface area contributed by atoms with Gasteiger partial charge in [0.15, 0.2) is 5.78 Å². The maximum atomic E-state index is 13.6. The number of rotatable bonds is 4. The minimum atomic E-state index is -0.739. The van der Waals surface area contributed by atoms with Crippen molar-refractivity contribution in [2.45, 2.75) is 18.9 Å². The zero-order valence-electron chi connectivity index (χ0n) is 15.9. The lowest BCUT2D eigenvalue weighted by Crippen LogP contribution is -2.33. The second-order valence-electron chi connectivity index (χ2n) is 6.78. The quantitative estimate of drug-likeness (QED) is 0.684. The number of anilines is 1. The van der Waals surface area contributed by atoms with Crippen LogP contribution in [0.4, 0.5) is 10.1 Å². The number of nitrogens with zero attached hydrogens (tertiary/aromatic N) is 3. The van der Waals surface area contributed by atoms with Gasteiger partial charge >= 0.3 is 5.97 Å². The average Bonchev–Trinajstić information content (AvgIpc) is 3.14. The molecule has 0 saturated carbocycles. The first-order valence-corrected chi connectivity index (χ1v) is 9.22. The molecule has 0 radical (unpaired) electrons. The van der Waals surface area contributed by atoms with E-state index in [0.717, 1.165) is 5.56 Å². The Kier molecular flexibility index (Phi) is 4.84. The van der Waals surface area contributed by atoms with Crippen LogP contribution >= 0.6 is 0 Å². The van der Waals surface area contributed by atoms with Crippen molar-refractivity contribution in [1.82, 2.24) is 15.0 Å². The molecule has 1 N–H and O–H groups in total. The first-order chi connectivity index (χ1) is 14.0. The van der Waals surface area contributed by atoms with Crippen molar-refractivity contribution in [2.24, 2.45) is 7.05 Å². The van der Waals surface area contributed by atoms with E-state index < -0.39 is 17.9 Å². The summed E-state index contributed by atoms with van der Waals surface area (Å²) in [6.45, 7) is 1.91. The van der Waals surface area contributed by atoms with Crippen molar-refractivity contribution in [3.63, 3.8) is 0 Å². The smallest absolute Gasteiger partial charge is 0.338 e. The number of nitrogens with one attached hydrogen (secondary N) is 1. The van der Waals surface area contributed by atoms with E-state index in [4.69, 9.17) is 4.74 Å². The van der Waals surface area contributed by atoms with E-state index in [1.54, 1.807) is 50.5 Å². The highest BCUT2D eigenvalue weighted by molar-refractivity contribution is 6.14. The Labute approximate surface area is 166 Å². The zero-order chi connectivity index (χ0) is 20.5. The molecule has 0 saturated heterocycles. The molecule has 7 nitrogen and oxygen atoms in total. The summed E-state index contributed by atoms with van der Waals surface area (Å²) < 4.78 is 20.1. The fourth-order valence-corrected chi connectivity index (χ4v) is 3.63. The molecule has 2 aromatic carbocycles. The molecule has 1 aromatic heterocycles. The predicted molar refractivity (Wildman–Crippen MR) is 103 cm³/mol. The Hall–Kier alpha value is -3.55. The van der Waals surface area contributed by atoms with Crippen LogP contribution < -0.4 is 5.32 Å². The van der Waals surface area contributed by atoms with Crippen LogP contribution in [0.15, 0.2) is 48.7 Å². The van der Waals surface area contributed by atoms with Gasteiger partial charge in [-0.15, -0.1) is 5.10 Å². The standard InChI is InChI=1S/C21H19FN4O3/c1-3-29-21(28)14-5-4-6-15-17(14)20(27)18(16-11-26(2)25-24-16)19(23-15)12-7-9-13(22)10-8-12/h4-11,18-19,23H,3H2,1-2H3. The Bertz CT molecular complexity index is 1080. The molecule has 0 amide bonds. The van der Waals surface area contributed by atoms with E-state index >= 15 is 0 Å². The number of aromatic nitrogens is 3. The van der Waals surface area contributed by atoms with Crippen LogP contribution in [0.5, 0.6) is 0 Å². The van der Waals surface area contributed by atoms with Gasteiger partial charge in [-0.05, 0) is 36.8 Å². The summed E-state index contributed by atoms with van der Waals surface area (Å²) in [7, 11) is 1.71. The molecule has 4 rings (SSSR count). The fraction of sp³-hybridized carbons (Fsp3) is 0.238. The third-order valence-corrected chi connectivity index (χ3v) is 4.90. The van der Waals surface area contributed by atoms with Crippen LogP contribution in [0.2, 0.25) is 0 Å². The minimum Gasteiger partial charge on any atom is -0.462 e. The van der Waals surface area contributed by atoms with Gasteiger partial charge in [0.25, 0.3) is 0 Å². The number of Topliss-reactive ketones (excluding diaryl/α,β-unsaturated/α-hetero) is 1. The molecule has 0 fully saturated rings. The molecule has 2 atom stereocenters. The Morgan fingerprint density at radius 2 is 2.00 bits per heavy atom. The highest BCUT2D eigenvalue weighted by Crippen LogP contribution is 2.43. The molecule has 0 bridgehead atoms. The molecule has 0 spiro atoms. The highest BCUT2D eigenvalue weighted by atomic mass is 19.1. The van der Waals surface area contributed by atoms with E-state index in [2.05, 4.69) is 15.6 Å². The van der Waals surface area contributed by atoms with Crippen LogP contribution in [-0.4, -0.2) is 33.4 Å². The lowest BCUT2D eigenvalue weighted by Gasteiger charge is -2.33.